The van der Waals surface area contributed by atoms with Crippen molar-refractivity contribution in [3.63, 3.8) is 0 Å². The van der Waals surface area contributed by atoms with E-state index in [4.69, 9.17) is 9.84 Å². The molecule has 3 aromatic rings. The third-order valence-corrected chi connectivity index (χ3v) is 6.02. The molecule has 0 fully saturated rings. The van der Waals surface area contributed by atoms with Gasteiger partial charge in [-0.25, -0.2) is 4.98 Å². The van der Waals surface area contributed by atoms with Crippen molar-refractivity contribution in [1.82, 2.24) is 4.98 Å². The van der Waals surface area contributed by atoms with Crippen LogP contribution in [0.1, 0.15) is 32.7 Å². The topological polar surface area (TPSA) is 65.9 Å². The van der Waals surface area contributed by atoms with Crippen LogP contribution >= 0.6 is 0 Å². The smallest absolute Gasteiger partial charge is 0.416 e. The number of amides is 1. The number of methoxy groups -OCH3 is 1. The van der Waals surface area contributed by atoms with Crippen molar-refractivity contribution in [3.05, 3.63) is 76.5 Å². The number of alkyl halides is 5. The van der Waals surface area contributed by atoms with Crippen LogP contribution in [0, 0.1) is 13.8 Å². The Bertz CT molecular complexity index is 1330. The van der Waals surface area contributed by atoms with Crippen LogP contribution in [0.15, 0.2) is 48.5 Å². The van der Waals surface area contributed by atoms with E-state index in [9.17, 15) is 26.7 Å². The molecule has 1 amide bonds. The number of benzene rings is 2. The van der Waals surface area contributed by atoms with Crippen molar-refractivity contribution < 1.29 is 36.6 Å². The fourth-order valence-electron chi connectivity index (χ4n) is 4.14. The molecule has 0 saturated heterocycles. The van der Waals surface area contributed by atoms with E-state index >= 15 is 0 Å². The highest BCUT2D eigenvalue weighted by molar-refractivity contribution is 6.13. The average Bonchev–Trinajstić information content (AvgIpc) is 2.84. The molecule has 2 heterocycles. The summed E-state index contributed by atoms with van der Waals surface area (Å²) in [5.41, 5.74) is 0.132. The quantitative estimate of drug-likeness (QED) is 0.458. The third kappa shape index (κ3) is 4.46. The van der Waals surface area contributed by atoms with Gasteiger partial charge in [-0.15, -0.1) is 0 Å². The SMILES string of the molecule is COc1ccc(N2CN(c3ccc(C(F)(F)CO)cc3C)c3cc(C(F)(F)F)ccc3C2=O)c(C)n1. The molecule has 0 spiro atoms. The highest BCUT2D eigenvalue weighted by Crippen LogP contribution is 2.42. The van der Waals surface area contributed by atoms with E-state index in [1.165, 1.54) is 36.0 Å². The summed E-state index contributed by atoms with van der Waals surface area (Å²) in [6.07, 6.45) is -4.65. The minimum Gasteiger partial charge on any atom is -0.481 e. The van der Waals surface area contributed by atoms with Gasteiger partial charge >= 0.3 is 6.18 Å². The molecule has 1 aromatic heterocycles. The lowest BCUT2D eigenvalue weighted by molar-refractivity contribution is -0.137. The molecule has 0 atom stereocenters. The Morgan fingerprint density at radius 1 is 0.917 bits per heavy atom. The van der Waals surface area contributed by atoms with Gasteiger partial charge in [0.2, 0.25) is 5.88 Å². The number of carbonyl (C=O) groups excluding carboxylic acids is 1. The first kappa shape index (κ1) is 25.4. The third-order valence-electron chi connectivity index (χ3n) is 6.02. The summed E-state index contributed by atoms with van der Waals surface area (Å²) < 4.78 is 73.7. The fourth-order valence-corrected chi connectivity index (χ4v) is 4.14. The van der Waals surface area contributed by atoms with Crippen molar-refractivity contribution in [2.24, 2.45) is 0 Å². The number of nitrogens with zero attached hydrogens (tertiary/aromatic N) is 3. The number of aliphatic hydroxyl groups is 1. The molecule has 2 aromatic carbocycles. The number of aromatic nitrogens is 1. The molecular weight excluding hydrogens is 485 g/mol. The maximum Gasteiger partial charge on any atom is 0.416 e. The lowest BCUT2D eigenvalue weighted by atomic mass is 10.00. The molecule has 0 unspecified atom stereocenters. The van der Waals surface area contributed by atoms with E-state index in [0.717, 1.165) is 24.3 Å². The Kier molecular flexibility index (Phi) is 6.38. The molecule has 1 aliphatic heterocycles. The number of halogens is 5. The monoisotopic (exact) mass is 507 g/mol. The Balaban J connectivity index is 1.88. The van der Waals surface area contributed by atoms with Crippen LogP contribution in [-0.4, -0.2) is 36.4 Å². The second kappa shape index (κ2) is 9.05. The van der Waals surface area contributed by atoms with Crippen LogP contribution in [0.4, 0.5) is 39.0 Å². The van der Waals surface area contributed by atoms with Gasteiger partial charge in [0.05, 0.1) is 35.3 Å². The van der Waals surface area contributed by atoms with E-state index in [1.54, 1.807) is 19.1 Å². The molecule has 0 aliphatic carbocycles. The molecule has 0 bridgehead atoms. The Labute approximate surface area is 203 Å². The molecule has 0 radical (unpaired) electrons. The lowest BCUT2D eigenvalue weighted by Gasteiger charge is -2.39. The van der Waals surface area contributed by atoms with E-state index in [-0.39, 0.29) is 17.9 Å². The van der Waals surface area contributed by atoms with Crippen LogP contribution < -0.4 is 14.5 Å². The van der Waals surface area contributed by atoms with Gasteiger partial charge in [-0.1, -0.05) is 6.07 Å². The molecule has 11 heteroatoms. The summed E-state index contributed by atoms with van der Waals surface area (Å²) >= 11 is 0. The van der Waals surface area contributed by atoms with Crippen LogP contribution in [0.5, 0.6) is 5.88 Å². The molecule has 4 rings (SSSR count). The van der Waals surface area contributed by atoms with E-state index in [0.29, 0.717) is 28.5 Å². The number of aliphatic hydroxyl groups excluding tert-OH is 1. The van der Waals surface area contributed by atoms with Gasteiger partial charge in [0, 0.05) is 17.3 Å². The highest BCUT2D eigenvalue weighted by Gasteiger charge is 2.37. The Morgan fingerprint density at radius 2 is 1.58 bits per heavy atom. The highest BCUT2D eigenvalue weighted by atomic mass is 19.4. The molecule has 36 heavy (non-hydrogen) atoms. The molecule has 190 valence electrons. The molecule has 0 saturated carbocycles. The molecule has 6 nitrogen and oxygen atoms in total. The first-order valence-corrected chi connectivity index (χ1v) is 10.8. The van der Waals surface area contributed by atoms with Crippen molar-refractivity contribution in [2.75, 3.05) is 30.2 Å². The normalized spacial score (nSPS) is 14.2. The van der Waals surface area contributed by atoms with Gasteiger partial charge in [0.1, 0.15) is 13.3 Å². The largest absolute Gasteiger partial charge is 0.481 e. The van der Waals surface area contributed by atoms with Crippen molar-refractivity contribution in [2.45, 2.75) is 25.9 Å². The lowest BCUT2D eigenvalue weighted by Crippen LogP contribution is -2.45. The summed E-state index contributed by atoms with van der Waals surface area (Å²) in [6, 6.07) is 9.59. The second-order valence-corrected chi connectivity index (χ2v) is 8.35. The van der Waals surface area contributed by atoms with Crippen LogP contribution in [-0.2, 0) is 12.1 Å². The van der Waals surface area contributed by atoms with Gasteiger partial charge in [-0.2, -0.15) is 22.0 Å². The summed E-state index contributed by atoms with van der Waals surface area (Å²) in [7, 11) is 1.44. The van der Waals surface area contributed by atoms with Crippen LogP contribution in [0.3, 0.4) is 0 Å². The number of aryl methyl sites for hydroxylation is 2. The maximum absolute atomic E-state index is 14.0. The number of carbonyl (C=O) groups is 1. The predicted molar refractivity (Wildman–Crippen MR) is 123 cm³/mol. The zero-order valence-corrected chi connectivity index (χ0v) is 19.5. The van der Waals surface area contributed by atoms with Crippen LogP contribution in [0.25, 0.3) is 0 Å². The first-order valence-electron chi connectivity index (χ1n) is 10.8. The second-order valence-electron chi connectivity index (χ2n) is 8.35. The minimum atomic E-state index is -4.65. The Hall–Kier alpha value is -3.73. The van der Waals surface area contributed by atoms with Crippen molar-refractivity contribution >= 4 is 23.0 Å². The first-order chi connectivity index (χ1) is 16.9. The number of hydrogen-bond acceptors (Lipinski definition) is 5. The van der Waals surface area contributed by atoms with Crippen LogP contribution in [0.2, 0.25) is 0 Å². The van der Waals surface area contributed by atoms with Crippen molar-refractivity contribution in [3.8, 4) is 5.88 Å². The summed E-state index contributed by atoms with van der Waals surface area (Å²) in [5, 5.41) is 9.02. The van der Waals surface area contributed by atoms with E-state index in [2.05, 4.69) is 4.98 Å². The van der Waals surface area contributed by atoms with Gasteiger partial charge < -0.3 is 14.7 Å². The van der Waals surface area contributed by atoms with Gasteiger partial charge in [0.15, 0.2) is 0 Å². The minimum absolute atomic E-state index is 0.00466. The van der Waals surface area contributed by atoms with Gasteiger partial charge in [0.25, 0.3) is 11.8 Å². The Morgan fingerprint density at radius 3 is 2.17 bits per heavy atom. The average molecular weight is 507 g/mol. The zero-order chi connectivity index (χ0) is 26.4. The summed E-state index contributed by atoms with van der Waals surface area (Å²) in [5.74, 6) is -3.70. The number of hydrogen-bond donors (Lipinski definition) is 1. The number of anilines is 3. The predicted octanol–water partition coefficient (Wildman–Crippen LogP) is 5.57. The number of pyridine rings is 1. The summed E-state index contributed by atoms with van der Waals surface area (Å²) in [4.78, 5) is 20.5. The standard InChI is InChI=1S/C25H22F5N3O3/c1-14-10-16(24(26,27)12-34)5-7-19(14)32-13-33(20-8-9-22(36-3)31-15(20)2)23(35)18-6-4-17(11-21(18)32)25(28,29)30/h4-11,34H,12-13H2,1-3H3. The van der Waals surface area contributed by atoms with Gasteiger partial charge in [-0.3, -0.25) is 9.69 Å². The fraction of sp³-hybridized carbons (Fsp3) is 0.280. The van der Waals surface area contributed by atoms with Crippen molar-refractivity contribution in [1.29, 1.82) is 0 Å². The van der Waals surface area contributed by atoms with E-state index in [1.807, 2.05) is 0 Å². The number of fused-ring (bicyclic) bond motifs is 1. The maximum atomic E-state index is 14.0. The zero-order valence-electron chi connectivity index (χ0n) is 19.5. The van der Waals surface area contributed by atoms with E-state index < -0.39 is 35.7 Å². The molecule has 1 N–H and O–H groups in total. The number of ether oxygens (including phenoxy) is 1. The van der Waals surface area contributed by atoms with Gasteiger partial charge in [-0.05, 0) is 55.8 Å². The molecular formula is C25H22F5N3O3. The number of rotatable bonds is 5. The summed E-state index contributed by atoms with van der Waals surface area (Å²) in [6.45, 7) is 1.60. The molecule has 1 aliphatic rings.